The van der Waals surface area contributed by atoms with Crippen LogP contribution in [0.2, 0.25) is 0 Å². The monoisotopic (exact) mass is 242 g/mol. The van der Waals surface area contributed by atoms with Crippen molar-refractivity contribution in [2.24, 2.45) is 17.1 Å². The van der Waals surface area contributed by atoms with Gasteiger partial charge in [0.15, 0.2) is 0 Å². The van der Waals surface area contributed by atoms with Crippen LogP contribution in [0.4, 0.5) is 0 Å². The number of hydrogen-bond donors (Lipinski definition) is 1. The Kier molecular flexibility index (Phi) is 5.40. The Morgan fingerprint density at radius 3 is 2.53 bits per heavy atom. The molecule has 0 spiro atoms. The van der Waals surface area contributed by atoms with Crippen LogP contribution in [0.25, 0.3) is 0 Å². The third-order valence-electron chi connectivity index (χ3n) is 3.65. The highest BCUT2D eigenvalue weighted by Gasteiger charge is 2.29. The molecule has 4 heteroatoms. The third-order valence-corrected chi connectivity index (χ3v) is 3.65. The van der Waals surface area contributed by atoms with Crippen LogP contribution in [0.1, 0.15) is 33.1 Å². The first kappa shape index (κ1) is 14.5. The molecule has 0 atom stereocenters. The summed E-state index contributed by atoms with van der Waals surface area (Å²) in [5, 5.41) is 0. The van der Waals surface area contributed by atoms with E-state index in [0.717, 1.165) is 39.0 Å². The minimum Gasteiger partial charge on any atom is -0.381 e. The Hall–Kier alpha value is -0.610. The van der Waals surface area contributed by atoms with Crippen molar-refractivity contribution in [3.63, 3.8) is 0 Å². The number of carbonyl (C=O) groups excluding carboxylic acids is 1. The van der Waals surface area contributed by atoms with Gasteiger partial charge in [0.05, 0.1) is 5.41 Å². The normalized spacial score (nSPS) is 18.1. The van der Waals surface area contributed by atoms with Crippen LogP contribution in [0.15, 0.2) is 0 Å². The lowest BCUT2D eigenvalue weighted by Crippen LogP contribution is -2.43. The Balaban J connectivity index is 2.33. The second-order valence-electron chi connectivity index (χ2n) is 5.66. The van der Waals surface area contributed by atoms with E-state index >= 15 is 0 Å². The third kappa shape index (κ3) is 4.28. The maximum absolute atomic E-state index is 12.1. The van der Waals surface area contributed by atoms with Gasteiger partial charge < -0.3 is 15.4 Å². The van der Waals surface area contributed by atoms with E-state index in [-0.39, 0.29) is 5.91 Å². The molecule has 17 heavy (non-hydrogen) atoms. The van der Waals surface area contributed by atoms with Gasteiger partial charge in [0.2, 0.25) is 5.91 Å². The highest BCUT2D eigenvalue weighted by molar-refractivity contribution is 5.81. The largest absolute Gasteiger partial charge is 0.381 e. The van der Waals surface area contributed by atoms with Crippen LogP contribution in [0, 0.1) is 11.3 Å². The molecular formula is C13H26N2O2. The van der Waals surface area contributed by atoms with Crippen molar-refractivity contribution in [3.8, 4) is 0 Å². The zero-order valence-corrected chi connectivity index (χ0v) is 11.4. The van der Waals surface area contributed by atoms with E-state index in [0.29, 0.717) is 12.5 Å². The van der Waals surface area contributed by atoms with Crippen LogP contribution in [-0.4, -0.2) is 44.2 Å². The van der Waals surface area contributed by atoms with Crippen molar-refractivity contribution < 1.29 is 9.53 Å². The van der Waals surface area contributed by atoms with Crippen LogP contribution in [0.3, 0.4) is 0 Å². The fourth-order valence-corrected chi connectivity index (χ4v) is 2.12. The van der Waals surface area contributed by atoms with Gasteiger partial charge in [-0.15, -0.1) is 0 Å². The van der Waals surface area contributed by atoms with E-state index in [9.17, 15) is 4.79 Å². The lowest BCUT2D eigenvalue weighted by Gasteiger charge is -2.30. The quantitative estimate of drug-likeness (QED) is 0.789. The summed E-state index contributed by atoms with van der Waals surface area (Å²) in [6, 6.07) is 0. The molecule has 0 aromatic rings. The molecule has 1 amide bonds. The fraction of sp³-hybridized carbons (Fsp3) is 0.923. The van der Waals surface area contributed by atoms with Crippen molar-refractivity contribution >= 4 is 5.91 Å². The summed E-state index contributed by atoms with van der Waals surface area (Å²) in [5.41, 5.74) is 5.18. The van der Waals surface area contributed by atoms with Crippen LogP contribution >= 0.6 is 0 Å². The summed E-state index contributed by atoms with van der Waals surface area (Å²) < 4.78 is 5.33. The zero-order chi connectivity index (χ0) is 12.9. The molecule has 0 bridgehead atoms. The number of amides is 1. The fourth-order valence-electron chi connectivity index (χ4n) is 2.12. The number of hydrogen-bond acceptors (Lipinski definition) is 3. The molecule has 0 aromatic heterocycles. The molecule has 1 saturated heterocycles. The van der Waals surface area contributed by atoms with E-state index in [1.165, 1.54) is 0 Å². The second kappa shape index (κ2) is 6.36. The number of nitrogens with zero attached hydrogens (tertiary/aromatic N) is 1. The van der Waals surface area contributed by atoms with Crippen molar-refractivity contribution in [1.29, 1.82) is 0 Å². The molecule has 1 rings (SSSR count). The van der Waals surface area contributed by atoms with Gasteiger partial charge >= 0.3 is 0 Å². The average molecular weight is 242 g/mol. The van der Waals surface area contributed by atoms with Crippen molar-refractivity contribution in [2.75, 3.05) is 33.4 Å². The van der Waals surface area contributed by atoms with E-state index in [1.807, 2.05) is 25.8 Å². The molecular weight excluding hydrogens is 216 g/mol. The molecule has 100 valence electrons. The second-order valence-corrected chi connectivity index (χ2v) is 5.66. The topological polar surface area (TPSA) is 55.6 Å². The highest BCUT2D eigenvalue weighted by atomic mass is 16.5. The molecule has 0 unspecified atom stereocenters. The van der Waals surface area contributed by atoms with Gasteiger partial charge in [0.25, 0.3) is 0 Å². The number of ether oxygens (including phenoxy) is 1. The Morgan fingerprint density at radius 1 is 1.41 bits per heavy atom. The Labute approximate surface area is 104 Å². The number of carbonyl (C=O) groups is 1. The Bertz CT molecular complexity index is 248. The van der Waals surface area contributed by atoms with Crippen LogP contribution in [0.5, 0.6) is 0 Å². The standard InChI is InChI=1S/C13H26N2O2/c1-13(2,10-14)12(16)15(3)7-4-11-5-8-17-9-6-11/h11H,4-10,14H2,1-3H3. The summed E-state index contributed by atoms with van der Waals surface area (Å²) in [7, 11) is 1.87. The smallest absolute Gasteiger partial charge is 0.229 e. The lowest BCUT2D eigenvalue weighted by molar-refractivity contribution is -0.138. The van der Waals surface area contributed by atoms with Gasteiger partial charge in [-0.25, -0.2) is 0 Å². The minimum atomic E-state index is -0.440. The first-order chi connectivity index (χ1) is 7.97. The first-order valence-corrected chi connectivity index (χ1v) is 6.51. The molecule has 1 aliphatic rings. The van der Waals surface area contributed by atoms with Crippen LogP contribution < -0.4 is 5.73 Å². The SMILES string of the molecule is CN(CCC1CCOCC1)C(=O)C(C)(C)CN. The molecule has 1 heterocycles. The maximum atomic E-state index is 12.1. The van der Waals surface area contributed by atoms with E-state index in [2.05, 4.69) is 0 Å². The molecule has 0 aromatic carbocycles. The van der Waals surface area contributed by atoms with Gasteiger partial charge in [0, 0.05) is 33.4 Å². The van der Waals surface area contributed by atoms with E-state index < -0.39 is 5.41 Å². The molecule has 2 N–H and O–H groups in total. The first-order valence-electron chi connectivity index (χ1n) is 6.51. The predicted molar refractivity (Wildman–Crippen MR) is 68.6 cm³/mol. The van der Waals surface area contributed by atoms with Crippen molar-refractivity contribution in [1.82, 2.24) is 4.90 Å². The molecule has 0 aliphatic carbocycles. The zero-order valence-electron chi connectivity index (χ0n) is 11.4. The van der Waals surface area contributed by atoms with Gasteiger partial charge in [-0.1, -0.05) is 0 Å². The minimum absolute atomic E-state index is 0.145. The number of nitrogens with two attached hydrogens (primary N) is 1. The predicted octanol–water partition coefficient (Wildman–Crippen LogP) is 1.25. The molecule has 1 fully saturated rings. The average Bonchev–Trinajstić information content (AvgIpc) is 2.36. The lowest BCUT2D eigenvalue weighted by atomic mass is 9.91. The van der Waals surface area contributed by atoms with Gasteiger partial charge in [-0.2, -0.15) is 0 Å². The summed E-state index contributed by atoms with van der Waals surface area (Å²) in [5.74, 6) is 0.854. The maximum Gasteiger partial charge on any atom is 0.229 e. The van der Waals surface area contributed by atoms with E-state index in [4.69, 9.17) is 10.5 Å². The number of rotatable bonds is 5. The summed E-state index contributed by atoms with van der Waals surface area (Å²) >= 11 is 0. The summed E-state index contributed by atoms with van der Waals surface area (Å²) in [4.78, 5) is 13.9. The molecule has 0 saturated carbocycles. The van der Waals surface area contributed by atoms with E-state index in [1.54, 1.807) is 0 Å². The Morgan fingerprint density at radius 2 is 2.00 bits per heavy atom. The molecule has 4 nitrogen and oxygen atoms in total. The summed E-state index contributed by atoms with van der Waals surface area (Å²) in [6.45, 7) is 6.77. The van der Waals surface area contributed by atoms with Gasteiger partial charge in [-0.3, -0.25) is 4.79 Å². The molecule has 0 radical (unpaired) electrons. The van der Waals surface area contributed by atoms with Gasteiger partial charge in [0.1, 0.15) is 0 Å². The van der Waals surface area contributed by atoms with Crippen LogP contribution in [-0.2, 0) is 9.53 Å². The highest BCUT2D eigenvalue weighted by Crippen LogP contribution is 2.20. The molecule has 1 aliphatic heterocycles. The van der Waals surface area contributed by atoms with Gasteiger partial charge in [-0.05, 0) is 39.0 Å². The summed E-state index contributed by atoms with van der Waals surface area (Å²) in [6.07, 6.45) is 3.33. The van der Waals surface area contributed by atoms with Crippen molar-refractivity contribution in [2.45, 2.75) is 33.1 Å². The van der Waals surface area contributed by atoms with Crippen molar-refractivity contribution in [3.05, 3.63) is 0 Å².